The summed E-state index contributed by atoms with van der Waals surface area (Å²) in [6.07, 6.45) is 5.00. The van der Waals surface area contributed by atoms with Crippen molar-refractivity contribution >= 4 is 28.5 Å². The molecule has 3 heterocycles. The van der Waals surface area contributed by atoms with Crippen molar-refractivity contribution in [3.63, 3.8) is 0 Å². The van der Waals surface area contributed by atoms with E-state index in [0.717, 1.165) is 40.4 Å². The molecule has 2 atom stereocenters. The van der Waals surface area contributed by atoms with Crippen LogP contribution in [0, 0.1) is 0 Å². The van der Waals surface area contributed by atoms with Gasteiger partial charge >= 0.3 is 0 Å². The van der Waals surface area contributed by atoms with Gasteiger partial charge in [0.2, 0.25) is 5.95 Å². The number of fused-ring (bicyclic) bond motifs is 1. The Morgan fingerprint density at radius 3 is 2.75 bits per heavy atom. The van der Waals surface area contributed by atoms with E-state index < -0.39 is 11.7 Å². The SMILES string of the molecule is CC(C)c1c(C2(O)CC2)cnc2ccc(-c3nc(N[C@@H]4CCOC[C@H]4O)ncc3Cl)cc12. The zero-order valence-electron chi connectivity index (χ0n) is 18.2. The maximum absolute atomic E-state index is 10.8. The molecule has 8 heteroatoms. The molecule has 0 bridgehead atoms. The average Bonchev–Trinajstić information content (AvgIpc) is 3.53. The first-order chi connectivity index (χ1) is 15.4. The summed E-state index contributed by atoms with van der Waals surface area (Å²) >= 11 is 6.49. The topological polar surface area (TPSA) is 100 Å². The highest BCUT2D eigenvalue weighted by molar-refractivity contribution is 6.33. The zero-order valence-corrected chi connectivity index (χ0v) is 18.9. The van der Waals surface area contributed by atoms with Gasteiger partial charge < -0.3 is 20.3 Å². The number of nitrogens with zero attached hydrogens (tertiary/aromatic N) is 3. The van der Waals surface area contributed by atoms with E-state index in [1.807, 2.05) is 24.4 Å². The number of aliphatic hydroxyl groups excluding tert-OH is 1. The summed E-state index contributed by atoms with van der Waals surface area (Å²) in [4.78, 5) is 13.6. The second-order valence-electron chi connectivity index (χ2n) is 9.08. The minimum absolute atomic E-state index is 0.173. The van der Waals surface area contributed by atoms with Gasteiger partial charge in [-0.2, -0.15) is 0 Å². The summed E-state index contributed by atoms with van der Waals surface area (Å²) in [5.41, 5.74) is 3.61. The van der Waals surface area contributed by atoms with Crippen molar-refractivity contribution in [2.75, 3.05) is 18.5 Å². The van der Waals surface area contributed by atoms with E-state index in [0.29, 0.717) is 36.3 Å². The summed E-state index contributed by atoms with van der Waals surface area (Å²) in [6.45, 7) is 5.15. The second kappa shape index (κ2) is 8.23. The lowest BCUT2D eigenvalue weighted by Crippen LogP contribution is -2.42. The largest absolute Gasteiger partial charge is 0.389 e. The molecule has 1 saturated heterocycles. The predicted octanol–water partition coefficient (Wildman–Crippen LogP) is 4.01. The molecule has 5 rings (SSSR count). The van der Waals surface area contributed by atoms with Gasteiger partial charge in [-0.3, -0.25) is 4.98 Å². The van der Waals surface area contributed by atoms with E-state index >= 15 is 0 Å². The third-order valence-corrected chi connectivity index (χ3v) is 6.65. The van der Waals surface area contributed by atoms with Crippen molar-refractivity contribution in [3.8, 4) is 11.3 Å². The first-order valence-electron chi connectivity index (χ1n) is 11.1. The lowest BCUT2D eigenvalue weighted by atomic mass is 9.89. The van der Waals surface area contributed by atoms with Crippen LogP contribution in [0.5, 0.6) is 0 Å². The molecule has 0 amide bonds. The third-order valence-electron chi connectivity index (χ3n) is 6.37. The summed E-state index contributed by atoms with van der Waals surface area (Å²) in [7, 11) is 0. The molecule has 1 aliphatic heterocycles. The molecule has 3 aromatic rings. The fraction of sp³-hybridized carbons (Fsp3) is 0.458. The lowest BCUT2D eigenvalue weighted by molar-refractivity contribution is -0.0136. The van der Waals surface area contributed by atoms with E-state index in [1.165, 1.54) is 0 Å². The van der Waals surface area contributed by atoms with Crippen LogP contribution in [-0.2, 0) is 10.3 Å². The Labute approximate surface area is 191 Å². The van der Waals surface area contributed by atoms with Gasteiger partial charge in [0.1, 0.15) is 0 Å². The number of benzene rings is 1. The lowest BCUT2D eigenvalue weighted by Gasteiger charge is -2.28. The van der Waals surface area contributed by atoms with Crippen LogP contribution in [0.3, 0.4) is 0 Å². The van der Waals surface area contributed by atoms with Gasteiger partial charge in [-0.25, -0.2) is 9.97 Å². The monoisotopic (exact) mass is 454 g/mol. The molecular formula is C24H27ClN4O3. The molecule has 0 spiro atoms. The van der Waals surface area contributed by atoms with Crippen molar-refractivity contribution in [2.24, 2.45) is 0 Å². The Morgan fingerprint density at radius 2 is 2.03 bits per heavy atom. The number of halogens is 1. The normalized spacial score (nSPS) is 22.3. The number of anilines is 1. The van der Waals surface area contributed by atoms with Crippen LogP contribution in [0.1, 0.15) is 50.2 Å². The number of hydrogen-bond acceptors (Lipinski definition) is 7. The van der Waals surface area contributed by atoms with Gasteiger partial charge in [-0.1, -0.05) is 31.5 Å². The minimum Gasteiger partial charge on any atom is -0.389 e. The predicted molar refractivity (Wildman–Crippen MR) is 124 cm³/mol. The number of aliphatic hydroxyl groups is 2. The van der Waals surface area contributed by atoms with Gasteiger partial charge in [-0.15, -0.1) is 0 Å². The van der Waals surface area contributed by atoms with E-state index in [-0.39, 0.29) is 12.0 Å². The number of nitrogens with one attached hydrogen (secondary N) is 1. The molecule has 2 fully saturated rings. The fourth-order valence-corrected chi connectivity index (χ4v) is 4.64. The Morgan fingerprint density at radius 1 is 1.22 bits per heavy atom. The summed E-state index contributed by atoms with van der Waals surface area (Å²) < 4.78 is 5.30. The molecule has 1 aromatic carbocycles. The first kappa shape index (κ1) is 21.5. The molecule has 2 aliphatic rings. The van der Waals surface area contributed by atoms with E-state index in [4.69, 9.17) is 16.3 Å². The maximum atomic E-state index is 10.8. The van der Waals surface area contributed by atoms with Gasteiger partial charge in [0, 0.05) is 29.3 Å². The molecule has 0 unspecified atom stereocenters. The smallest absolute Gasteiger partial charge is 0.223 e. The standard InChI is InChI=1S/C24H27ClN4O3/c1-13(2)21-15-9-14(3-4-18(15)26-10-16(21)24(31)6-7-24)22-17(25)11-27-23(29-22)28-19-5-8-32-12-20(19)30/h3-4,9-11,13,19-20,30-31H,5-8,12H2,1-2H3,(H,27,28,29)/t19-,20-/m1/s1. The highest BCUT2D eigenvalue weighted by Crippen LogP contribution is 2.49. The number of pyridine rings is 1. The Hall–Kier alpha value is -2.32. The van der Waals surface area contributed by atoms with Crippen LogP contribution in [0.2, 0.25) is 5.02 Å². The highest BCUT2D eigenvalue weighted by Gasteiger charge is 2.44. The molecular weight excluding hydrogens is 428 g/mol. The Balaban J connectivity index is 1.56. The molecule has 168 valence electrons. The molecule has 3 N–H and O–H groups in total. The van der Waals surface area contributed by atoms with Crippen molar-refractivity contribution in [1.29, 1.82) is 0 Å². The van der Waals surface area contributed by atoms with Crippen molar-refractivity contribution in [3.05, 3.63) is 46.7 Å². The average molecular weight is 455 g/mol. The van der Waals surface area contributed by atoms with Crippen LogP contribution in [0.4, 0.5) is 5.95 Å². The van der Waals surface area contributed by atoms with Crippen molar-refractivity contribution < 1.29 is 14.9 Å². The van der Waals surface area contributed by atoms with Gasteiger partial charge in [-0.05, 0) is 42.9 Å². The summed E-state index contributed by atoms with van der Waals surface area (Å²) in [5.74, 6) is 0.641. The third kappa shape index (κ3) is 3.94. The Bertz CT molecular complexity index is 1170. The van der Waals surface area contributed by atoms with E-state index in [9.17, 15) is 10.2 Å². The minimum atomic E-state index is -0.759. The van der Waals surface area contributed by atoms with Gasteiger partial charge in [0.25, 0.3) is 0 Å². The molecule has 1 aliphatic carbocycles. The molecule has 1 saturated carbocycles. The zero-order chi connectivity index (χ0) is 22.5. The fourth-order valence-electron chi connectivity index (χ4n) is 4.44. The number of ether oxygens (including phenoxy) is 1. The highest BCUT2D eigenvalue weighted by atomic mass is 35.5. The summed E-state index contributed by atoms with van der Waals surface area (Å²) in [6, 6.07) is 5.79. The van der Waals surface area contributed by atoms with E-state index in [1.54, 1.807) is 6.20 Å². The molecule has 32 heavy (non-hydrogen) atoms. The number of rotatable bonds is 5. The van der Waals surface area contributed by atoms with Crippen LogP contribution in [-0.4, -0.2) is 50.5 Å². The van der Waals surface area contributed by atoms with Crippen molar-refractivity contribution in [2.45, 2.75) is 56.8 Å². The van der Waals surface area contributed by atoms with Gasteiger partial charge in [0.05, 0.1) is 46.8 Å². The number of hydrogen-bond donors (Lipinski definition) is 3. The Kier molecular flexibility index (Phi) is 5.53. The quantitative estimate of drug-likeness (QED) is 0.535. The van der Waals surface area contributed by atoms with Crippen LogP contribution < -0.4 is 5.32 Å². The first-order valence-corrected chi connectivity index (χ1v) is 11.4. The maximum Gasteiger partial charge on any atom is 0.223 e. The molecule has 2 aromatic heterocycles. The summed E-state index contributed by atoms with van der Waals surface area (Å²) in [5, 5.41) is 25.6. The molecule has 7 nitrogen and oxygen atoms in total. The van der Waals surface area contributed by atoms with Crippen LogP contribution in [0.15, 0.2) is 30.6 Å². The van der Waals surface area contributed by atoms with Crippen LogP contribution >= 0.6 is 11.6 Å². The van der Waals surface area contributed by atoms with Gasteiger partial charge in [0.15, 0.2) is 0 Å². The molecule has 0 radical (unpaired) electrons. The van der Waals surface area contributed by atoms with Crippen LogP contribution in [0.25, 0.3) is 22.2 Å². The second-order valence-corrected chi connectivity index (χ2v) is 9.48. The van der Waals surface area contributed by atoms with Crippen molar-refractivity contribution in [1.82, 2.24) is 15.0 Å². The number of aromatic nitrogens is 3. The van der Waals surface area contributed by atoms with E-state index in [2.05, 4.69) is 34.1 Å².